The SMILES string of the molecule is O=C(O)c1ccc(CNCCc2ncno2)cc1. The van der Waals surface area contributed by atoms with E-state index in [4.69, 9.17) is 9.63 Å². The van der Waals surface area contributed by atoms with Gasteiger partial charge in [-0.15, -0.1) is 0 Å². The van der Waals surface area contributed by atoms with Crippen molar-refractivity contribution in [2.75, 3.05) is 6.54 Å². The Morgan fingerprint density at radius 1 is 1.33 bits per heavy atom. The predicted molar refractivity (Wildman–Crippen MR) is 63.1 cm³/mol. The standard InChI is InChI=1S/C12H13N3O3/c16-12(17)10-3-1-9(2-4-10)7-13-6-5-11-14-8-15-18-11/h1-4,8,13H,5-7H2,(H,16,17). The van der Waals surface area contributed by atoms with Gasteiger partial charge in [-0.2, -0.15) is 4.98 Å². The number of carboxylic acid groups (broad SMARTS) is 1. The maximum atomic E-state index is 10.7. The fourth-order valence-corrected chi connectivity index (χ4v) is 1.50. The largest absolute Gasteiger partial charge is 0.478 e. The van der Waals surface area contributed by atoms with Gasteiger partial charge in [0.1, 0.15) is 0 Å². The third-order valence-corrected chi connectivity index (χ3v) is 2.45. The molecule has 0 radical (unpaired) electrons. The summed E-state index contributed by atoms with van der Waals surface area (Å²) in [5.74, 6) is -0.311. The van der Waals surface area contributed by atoms with Crippen molar-refractivity contribution in [3.05, 3.63) is 47.6 Å². The molecule has 2 rings (SSSR count). The van der Waals surface area contributed by atoms with Crippen molar-refractivity contribution in [1.82, 2.24) is 15.5 Å². The third kappa shape index (κ3) is 3.39. The van der Waals surface area contributed by atoms with Gasteiger partial charge in [-0.1, -0.05) is 17.3 Å². The Labute approximate surface area is 104 Å². The van der Waals surface area contributed by atoms with Gasteiger partial charge in [0.05, 0.1) is 5.56 Å². The van der Waals surface area contributed by atoms with Crippen LogP contribution >= 0.6 is 0 Å². The van der Waals surface area contributed by atoms with E-state index >= 15 is 0 Å². The first-order valence-electron chi connectivity index (χ1n) is 5.54. The maximum absolute atomic E-state index is 10.7. The van der Waals surface area contributed by atoms with Crippen molar-refractivity contribution in [2.24, 2.45) is 0 Å². The Morgan fingerprint density at radius 3 is 2.72 bits per heavy atom. The molecule has 94 valence electrons. The summed E-state index contributed by atoms with van der Waals surface area (Å²) in [7, 11) is 0. The van der Waals surface area contributed by atoms with Gasteiger partial charge in [0, 0.05) is 19.5 Å². The smallest absolute Gasteiger partial charge is 0.335 e. The quantitative estimate of drug-likeness (QED) is 0.743. The number of nitrogens with zero attached hydrogens (tertiary/aromatic N) is 2. The van der Waals surface area contributed by atoms with E-state index in [1.807, 2.05) is 0 Å². The molecule has 1 aromatic heterocycles. The minimum Gasteiger partial charge on any atom is -0.478 e. The van der Waals surface area contributed by atoms with E-state index in [0.717, 1.165) is 12.1 Å². The zero-order chi connectivity index (χ0) is 12.8. The number of hydrogen-bond acceptors (Lipinski definition) is 5. The monoisotopic (exact) mass is 247 g/mol. The molecule has 0 aliphatic heterocycles. The summed E-state index contributed by atoms with van der Waals surface area (Å²) in [6.45, 7) is 1.40. The van der Waals surface area contributed by atoms with Crippen molar-refractivity contribution in [2.45, 2.75) is 13.0 Å². The molecule has 0 atom stereocenters. The molecule has 1 heterocycles. The van der Waals surface area contributed by atoms with E-state index < -0.39 is 5.97 Å². The lowest BCUT2D eigenvalue weighted by Gasteiger charge is -2.03. The summed E-state index contributed by atoms with van der Waals surface area (Å²) >= 11 is 0. The van der Waals surface area contributed by atoms with E-state index in [0.29, 0.717) is 24.4 Å². The Morgan fingerprint density at radius 2 is 2.11 bits per heavy atom. The molecule has 2 N–H and O–H groups in total. The molecule has 2 aromatic rings. The van der Waals surface area contributed by atoms with Crippen LogP contribution in [0.3, 0.4) is 0 Å². The van der Waals surface area contributed by atoms with Crippen LogP contribution in [-0.4, -0.2) is 27.8 Å². The first-order valence-corrected chi connectivity index (χ1v) is 5.54. The number of carbonyl (C=O) groups is 1. The van der Waals surface area contributed by atoms with Gasteiger partial charge in [-0.05, 0) is 17.7 Å². The number of aromatic carboxylic acids is 1. The van der Waals surface area contributed by atoms with Crippen molar-refractivity contribution in [1.29, 1.82) is 0 Å². The minimum absolute atomic E-state index is 0.296. The number of nitrogens with one attached hydrogen (secondary N) is 1. The molecule has 0 aliphatic carbocycles. The zero-order valence-electron chi connectivity index (χ0n) is 9.67. The highest BCUT2D eigenvalue weighted by atomic mass is 16.5. The molecular weight excluding hydrogens is 234 g/mol. The Hall–Kier alpha value is -2.21. The molecule has 0 bridgehead atoms. The minimum atomic E-state index is -0.911. The molecule has 0 unspecified atom stereocenters. The summed E-state index contributed by atoms with van der Waals surface area (Å²) in [6.07, 6.45) is 2.05. The lowest BCUT2D eigenvalue weighted by Crippen LogP contribution is -2.16. The molecule has 0 aliphatic rings. The van der Waals surface area contributed by atoms with Crippen LogP contribution in [-0.2, 0) is 13.0 Å². The van der Waals surface area contributed by atoms with Gasteiger partial charge < -0.3 is 14.9 Å². The van der Waals surface area contributed by atoms with Gasteiger partial charge in [0.25, 0.3) is 0 Å². The van der Waals surface area contributed by atoms with Gasteiger partial charge in [0.15, 0.2) is 6.33 Å². The first kappa shape index (κ1) is 12.3. The number of benzene rings is 1. The maximum Gasteiger partial charge on any atom is 0.335 e. The van der Waals surface area contributed by atoms with Crippen molar-refractivity contribution in [3.8, 4) is 0 Å². The van der Waals surface area contributed by atoms with Crippen LogP contribution in [0.25, 0.3) is 0 Å². The van der Waals surface area contributed by atoms with E-state index in [2.05, 4.69) is 15.5 Å². The second-order valence-electron chi connectivity index (χ2n) is 3.76. The molecular formula is C12H13N3O3. The highest BCUT2D eigenvalue weighted by Gasteiger charge is 2.02. The summed E-state index contributed by atoms with van der Waals surface area (Å²) in [4.78, 5) is 14.6. The normalized spacial score (nSPS) is 10.4. The second-order valence-corrected chi connectivity index (χ2v) is 3.76. The summed E-state index contributed by atoms with van der Waals surface area (Å²) in [5.41, 5.74) is 1.33. The Kier molecular flexibility index (Phi) is 4.03. The highest BCUT2D eigenvalue weighted by molar-refractivity contribution is 5.87. The fourth-order valence-electron chi connectivity index (χ4n) is 1.50. The van der Waals surface area contributed by atoms with Gasteiger partial charge >= 0.3 is 5.97 Å². The number of hydrogen-bond donors (Lipinski definition) is 2. The van der Waals surface area contributed by atoms with Crippen LogP contribution in [0.2, 0.25) is 0 Å². The van der Waals surface area contributed by atoms with Crippen molar-refractivity contribution in [3.63, 3.8) is 0 Å². The lowest BCUT2D eigenvalue weighted by atomic mass is 10.1. The molecule has 0 saturated heterocycles. The summed E-state index contributed by atoms with van der Waals surface area (Å²) in [5, 5.41) is 15.5. The van der Waals surface area contributed by atoms with Crippen LogP contribution in [0.4, 0.5) is 0 Å². The Balaban J connectivity index is 1.75. The third-order valence-electron chi connectivity index (χ3n) is 2.45. The first-order chi connectivity index (χ1) is 8.75. The topological polar surface area (TPSA) is 88.2 Å². The van der Waals surface area contributed by atoms with Crippen LogP contribution in [0, 0.1) is 0 Å². The number of rotatable bonds is 6. The molecule has 18 heavy (non-hydrogen) atoms. The molecule has 0 saturated carbocycles. The van der Waals surface area contributed by atoms with E-state index in [-0.39, 0.29) is 0 Å². The molecule has 0 fully saturated rings. The van der Waals surface area contributed by atoms with Gasteiger partial charge in [-0.3, -0.25) is 0 Å². The van der Waals surface area contributed by atoms with Crippen molar-refractivity contribution >= 4 is 5.97 Å². The second kappa shape index (κ2) is 5.92. The average molecular weight is 247 g/mol. The fraction of sp³-hybridized carbons (Fsp3) is 0.250. The predicted octanol–water partition coefficient (Wildman–Crippen LogP) is 1.10. The number of aromatic nitrogens is 2. The van der Waals surface area contributed by atoms with Crippen LogP contribution in [0.5, 0.6) is 0 Å². The highest BCUT2D eigenvalue weighted by Crippen LogP contribution is 2.04. The summed E-state index contributed by atoms with van der Waals surface area (Å²) in [6, 6.07) is 6.78. The molecule has 0 amide bonds. The van der Waals surface area contributed by atoms with Crippen LogP contribution in [0.15, 0.2) is 35.1 Å². The van der Waals surface area contributed by atoms with E-state index in [1.165, 1.54) is 6.33 Å². The molecule has 6 heteroatoms. The number of carboxylic acids is 1. The van der Waals surface area contributed by atoms with Gasteiger partial charge in [0.2, 0.25) is 5.89 Å². The summed E-state index contributed by atoms with van der Waals surface area (Å²) < 4.78 is 4.86. The lowest BCUT2D eigenvalue weighted by molar-refractivity contribution is 0.0697. The van der Waals surface area contributed by atoms with Crippen molar-refractivity contribution < 1.29 is 14.4 Å². The zero-order valence-corrected chi connectivity index (χ0v) is 9.67. The van der Waals surface area contributed by atoms with E-state index in [9.17, 15) is 4.79 Å². The van der Waals surface area contributed by atoms with Gasteiger partial charge in [-0.25, -0.2) is 4.79 Å². The molecule has 6 nitrogen and oxygen atoms in total. The van der Waals surface area contributed by atoms with E-state index in [1.54, 1.807) is 24.3 Å². The van der Waals surface area contributed by atoms with Crippen LogP contribution < -0.4 is 5.32 Å². The molecule has 0 spiro atoms. The Bertz CT molecular complexity index is 494. The van der Waals surface area contributed by atoms with Crippen LogP contribution in [0.1, 0.15) is 21.8 Å². The average Bonchev–Trinajstić information content (AvgIpc) is 2.88. The molecule has 1 aromatic carbocycles.